The van der Waals surface area contributed by atoms with Crippen LogP contribution in [0.1, 0.15) is 45.5 Å². The lowest BCUT2D eigenvalue weighted by Crippen LogP contribution is -2.34. The highest BCUT2D eigenvalue weighted by atomic mass is 16.5. The summed E-state index contributed by atoms with van der Waals surface area (Å²) in [5.41, 5.74) is 4.86. The number of carbonyl (C=O) groups is 1. The summed E-state index contributed by atoms with van der Waals surface area (Å²) in [6, 6.07) is 10.1. The molecule has 3 aromatic rings. The molecule has 2 saturated heterocycles. The second-order valence-corrected chi connectivity index (χ2v) is 10.3. The predicted octanol–water partition coefficient (Wildman–Crippen LogP) is 3.67. The Kier molecular flexibility index (Phi) is 6.27. The normalized spacial score (nSPS) is 22.5. The molecule has 8 heteroatoms. The maximum Gasteiger partial charge on any atom is 0.255 e. The van der Waals surface area contributed by atoms with Crippen molar-refractivity contribution in [1.29, 1.82) is 0 Å². The Morgan fingerprint density at radius 1 is 1.23 bits per heavy atom. The van der Waals surface area contributed by atoms with Crippen LogP contribution in [0.3, 0.4) is 0 Å². The number of benzene rings is 1. The summed E-state index contributed by atoms with van der Waals surface area (Å²) in [4.78, 5) is 22.9. The molecule has 0 aliphatic carbocycles. The lowest BCUT2D eigenvalue weighted by atomic mass is 9.77. The van der Waals surface area contributed by atoms with Gasteiger partial charge in [-0.3, -0.25) is 4.79 Å². The van der Waals surface area contributed by atoms with Gasteiger partial charge in [0, 0.05) is 55.7 Å². The van der Waals surface area contributed by atoms with E-state index in [-0.39, 0.29) is 17.2 Å². The van der Waals surface area contributed by atoms with Crippen LogP contribution in [0, 0.1) is 26.2 Å². The van der Waals surface area contributed by atoms with Gasteiger partial charge in [-0.1, -0.05) is 28.9 Å². The highest BCUT2D eigenvalue weighted by Crippen LogP contribution is 2.49. The number of amides is 1. The van der Waals surface area contributed by atoms with E-state index in [0.717, 1.165) is 54.1 Å². The number of nitrogens with zero attached hydrogens (tertiary/aromatic N) is 5. The van der Waals surface area contributed by atoms with Gasteiger partial charge in [0.25, 0.3) is 5.91 Å². The number of aryl methyl sites for hydroxylation is 2. The Hall–Kier alpha value is -2.97. The van der Waals surface area contributed by atoms with E-state index in [4.69, 9.17) is 14.2 Å². The first-order valence-electron chi connectivity index (χ1n) is 12.4. The van der Waals surface area contributed by atoms with Crippen LogP contribution < -0.4 is 0 Å². The summed E-state index contributed by atoms with van der Waals surface area (Å²) in [5, 5.41) is 4.31. The monoisotopic (exact) mass is 477 g/mol. The molecule has 4 heterocycles. The largest absolute Gasteiger partial charge is 0.383 e. The summed E-state index contributed by atoms with van der Waals surface area (Å²) in [7, 11) is 3.84. The quantitative estimate of drug-likeness (QED) is 0.539. The van der Waals surface area contributed by atoms with Gasteiger partial charge < -0.3 is 23.6 Å². The van der Waals surface area contributed by atoms with E-state index >= 15 is 0 Å². The van der Waals surface area contributed by atoms with Crippen LogP contribution >= 0.6 is 0 Å². The number of methoxy groups -OCH3 is 1. The van der Waals surface area contributed by atoms with Crippen LogP contribution in [0.4, 0.5) is 0 Å². The fourth-order valence-corrected chi connectivity index (χ4v) is 5.98. The minimum absolute atomic E-state index is 0.0134. The second-order valence-electron chi connectivity index (χ2n) is 10.3. The molecule has 2 fully saturated rings. The molecule has 1 aromatic carbocycles. The van der Waals surface area contributed by atoms with Crippen molar-refractivity contribution in [3.63, 3.8) is 0 Å². The Morgan fingerprint density at radius 3 is 2.77 bits per heavy atom. The van der Waals surface area contributed by atoms with Gasteiger partial charge in [-0.2, -0.15) is 4.98 Å². The van der Waals surface area contributed by atoms with Gasteiger partial charge in [-0.25, -0.2) is 0 Å². The van der Waals surface area contributed by atoms with Crippen molar-refractivity contribution in [2.45, 2.75) is 39.7 Å². The Bertz CT molecular complexity index is 1230. The van der Waals surface area contributed by atoms with Gasteiger partial charge in [0.15, 0.2) is 0 Å². The predicted molar refractivity (Wildman–Crippen MR) is 133 cm³/mol. The van der Waals surface area contributed by atoms with E-state index in [9.17, 15) is 4.79 Å². The summed E-state index contributed by atoms with van der Waals surface area (Å²) in [6.45, 7) is 10.7. The molecule has 2 aliphatic rings. The number of ether oxygens (including phenoxy) is 1. The minimum Gasteiger partial charge on any atom is -0.383 e. The van der Waals surface area contributed by atoms with Crippen LogP contribution in [-0.4, -0.2) is 77.4 Å². The van der Waals surface area contributed by atoms with Crippen LogP contribution in [-0.2, 0) is 11.3 Å². The molecule has 0 bridgehead atoms. The molecule has 8 nitrogen and oxygen atoms in total. The average molecular weight is 478 g/mol. The fraction of sp³-hybridized carbons (Fsp3) is 0.519. The van der Waals surface area contributed by atoms with Crippen molar-refractivity contribution in [3.8, 4) is 11.4 Å². The second kappa shape index (κ2) is 9.24. The molecule has 2 aromatic heterocycles. The molecule has 186 valence electrons. The topological polar surface area (TPSA) is 76.6 Å². The average Bonchev–Trinajstić information content (AvgIpc) is 3.60. The molecule has 1 spiro atoms. The number of carbonyl (C=O) groups excluding carboxylic acids is 1. The molecule has 2 atom stereocenters. The Labute approximate surface area is 206 Å². The third kappa shape index (κ3) is 4.29. The SMILES string of the molecule is COCCn1c(C)cc(C(=O)N2C[C@@H](c3nc(-c4cccc(C)c4)no3)[C@]3(CCN(C)C3)C2)c1C. The lowest BCUT2D eigenvalue weighted by Gasteiger charge is -2.27. The van der Waals surface area contributed by atoms with Crippen molar-refractivity contribution >= 4 is 5.91 Å². The lowest BCUT2D eigenvalue weighted by molar-refractivity contribution is 0.0772. The Morgan fingerprint density at radius 2 is 2.06 bits per heavy atom. The zero-order valence-electron chi connectivity index (χ0n) is 21.4. The molecule has 35 heavy (non-hydrogen) atoms. The van der Waals surface area contributed by atoms with E-state index in [0.29, 0.717) is 31.4 Å². The van der Waals surface area contributed by atoms with Crippen LogP contribution in [0.5, 0.6) is 0 Å². The van der Waals surface area contributed by atoms with Crippen molar-refractivity contribution in [3.05, 3.63) is 58.7 Å². The first kappa shape index (κ1) is 23.8. The summed E-state index contributed by atoms with van der Waals surface area (Å²) in [5.74, 6) is 1.34. The maximum absolute atomic E-state index is 13.8. The zero-order chi connectivity index (χ0) is 24.7. The van der Waals surface area contributed by atoms with Gasteiger partial charge in [0.1, 0.15) is 0 Å². The van der Waals surface area contributed by atoms with Gasteiger partial charge in [-0.15, -0.1) is 0 Å². The van der Waals surface area contributed by atoms with Crippen molar-refractivity contribution in [2.75, 3.05) is 46.9 Å². The van der Waals surface area contributed by atoms with E-state index in [2.05, 4.69) is 40.7 Å². The number of likely N-dealkylation sites (tertiary alicyclic amines) is 2. The first-order chi connectivity index (χ1) is 16.8. The molecule has 0 radical (unpaired) electrons. The summed E-state index contributed by atoms with van der Waals surface area (Å²) >= 11 is 0. The van der Waals surface area contributed by atoms with Crippen LogP contribution in [0.25, 0.3) is 11.4 Å². The maximum atomic E-state index is 13.8. The van der Waals surface area contributed by atoms with Gasteiger partial charge in [0.05, 0.1) is 18.1 Å². The number of hydrogen-bond donors (Lipinski definition) is 0. The highest BCUT2D eigenvalue weighted by Gasteiger charge is 2.54. The Balaban J connectivity index is 1.44. The zero-order valence-corrected chi connectivity index (χ0v) is 21.4. The molecular weight excluding hydrogens is 442 g/mol. The van der Waals surface area contributed by atoms with E-state index < -0.39 is 0 Å². The van der Waals surface area contributed by atoms with E-state index in [1.165, 1.54) is 0 Å². The molecule has 2 aliphatic heterocycles. The minimum atomic E-state index is -0.0810. The molecule has 5 rings (SSSR count). The third-order valence-electron chi connectivity index (χ3n) is 7.85. The van der Waals surface area contributed by atoms with E-state index in [1.54, 1.807) is 7.11 Å². The van der Waals surface area contributed by atoms with Crippen molar-refractivity contribution < 1.29 is 14.1 Å². The van der Waals surface area contributed by atoms with Gasteiger partial charge >= 0.3 is 0 Å². The summed E-state index contributed by atoms with van der Waals surface area (Å²) < 4.78 is 13.3. The third-order valence-corrected chi connectivity index (χ3v) is 7.85. The van der Waals surface area contributed by atoms with Crippen molar-refractivity contribution in [2.24, 2.45) is 5.41 Å². The van der Waals surface area contributed by atoms with E-state index in [1.807, 2.05) is 36.9 Å². The summed E-state index contributed by atoms with van der Waals surface area (Å²) in [6.07, 6.45) is 1.01. The van der Waals surface area contributed by atoms with Gasteiger partial charge in [-0.05, 0) is 52.9 Å². The van der Waals surface area contributed by atoms with Crippen molar-refractivity contribution in [1.82, 2.24) is 24.5 Å². The molecule has 0 saturated carbocycles. The number of aromatic nitrogens is 3. The highest BCUT2D eigenvalue weighted by molar-refractivity contribution is 5.96. The molecular formula is C27H35N5O3. The van der Waals surface area contributed by atoms with Crippen LogP contribution in [0.2, 0.25) is 0 Å². The van der Waals surface area contributed by atoms with Crippen LogP contribution in [0.15, 0.2) is 34.9 Å². The van der Waals surface area contributed by atoms with Gasteiger partial charge in [0.2, 0.25) is 11.7 Å². The molecule has 0 unspecified atom stereocenters. The molecule has 1 amide bonds. The standard InChI is InChI=1S/C27H35N5O3/c1-18-7-6-8-21(13-18)24-28-25(35-29-24)23-15-31(17-27(23)9-10-30(4)16-27)26(33)22-14-19(2)32(20(22)3)11-12-34-5/h6-8,13-14,23H,9-12,15-17H2,1-5H3/t23-,27-/m0/s1. The first-order valence-corrected chi connectivity index (χ1v) is 12.4. The number of hydrogen-bond acceptors (Lipinski definition) is 6. The smallest absolute Gasteiger partial charge is 0.255 e. The number of rotatable bonds is 6. The molecule has 0 N–H and O–H groups in total. The fourth-order valence-electron chi connectivity index (χ4n) is 5.98.